The lowest BCUT2D eigenvalue weighted by Gasteiger charge is -2.29. The fraction of sp³-hybridized carbons (Fsp3) is 0.333. The lowest BCUT2D eigenvalue weighted by molar-refractivity contribution is 0.738. The molecule has 198 valence electrons. The quantitative estimate of drug-likeness (QED) is 0.361. The highest BCUT2D eigenvalue weighted by Gasteiger charge is 2.16. The Balaban J connectivity index is 1.11. The summed E-state index contributed by atoms with van der Waals surface area (Å²) in [7, 11) is 0. The van der Waals surface area contributed by atoms with Gasteiger partial charge in [-0.05, 0) is 59.4 Å². The van der Waals surface area contributed by atoms with Gasteiger partial charge in [-0.1, -0.05) is 85.9 Å². The van der Waals surface area contributed by atoms with Crippen LogP contribution in [0.25, 0.3) is 0 Å². The molecule has 5 rings (SSSR count). The van der Waals surface area contributed by atoms with Crippen LogP contribution in [0, 0.1) is 0 Å². The van der Waals surface area contributed by atoms with Crippen LogP contribution in [0.5, 0.6) is 0 Å². The lowest BCUT2D eigenvalue weighted by Crippen LogP contribution is -2.41. The van der Waals surface area contributed by atoms with Gasteiger partial charge in [-0.3, -0.25) is 0 Å². The summed E-state index contributed by atoms with van der Waals surface area (Å²) in [6.45, 7) is 7.29. The van der Waals surface area contributed by atoms with Crippen LogP contribution in [0.3, 0.4) is 0 Å². The van der Waals surface area contributed by atoms with Crippen LogP contribution in [-0.4, -0.2) is 37.0 Å². The number of rotatable bonds is 8. The average Bonchev–Trinajstić information content (AvgIpc) is 3.00. The van der Waals surface area contributed by atoms with Gasteiger partial charge in [0.1, 0.15) is 13.3 Å². The highest BCUT2D eigenvalue weighted by Crippen LogP contribution is 2.25. The van der Waals surface area contributed by atoms with Crippen LogP contribution in [-0.2, 0) is 24.3 Å². The first-order valence-electron chi connectivity index (χ1n) is 13.3. The zero-order valence-electron chi connectivity index (χ0n) is 22.2. The van der Waals surface area contributed by atoms with Crippen LogP contribution in [0.1, 0.15) is 36.1 Å². The fourth-order valence-electron chi connectivity index (χ4n) is 4.39. The molecule has 0 saturated carbocycles. The van der Waals surface area contributed by atoms with E-state index in [0.29, 0.717) is 13.3 Å². The Morgan fingerprint density at radius 1 is 0.632 bits per heavy atom. The summed E-state index contributed by atoms with van der Waals surface area (Å²) in [5, 5.41) is 9.01. The minimum atomic E-state index is 0.684. The van der Waals surface area contributed by atoms with Gasteiger partial charge in [-0.25, -0.2) is 9.98 Å². The Morgan fingerprint density at radius 2 is 1.05 bits per heavy atom. The first kappa shape index (κ1) is 26.5. The second-order valence-corrected chi connectivity index (χ2v) is 11.3. The summed E-state index contributed by atoms with van der Waals surface area (Å²) in [5.74, 6) is 1.80. The van der Waals surface area contributed by atoms with E-state index in [9.17, 15) is 0 Å². The standard InChI is InChI=1S/C30H36N6S2/c1-3-23-9-13-27(14-10-23)35-19-31-29(32-20-35)37-17-25-7-5-6-8-26(25)18-38-30-33-21-36(22-34-30)28-15-11-24(4-2)12-16-28/h5-16H,3-4,17-22H2,1-2H3,(H,31,32)(H,33,34). The number of nitrogens with zero attached hydrogens (tertiary/aromatic N) is 4. The molecule has 0 bridgehead atoms. The molecule has 38 heavy (non-hydrogen) atoms. The van der Waals surface area contributed by atoms with Crippen molar-refractivity contribution in [2.24, 2.45) is 9.98 Å². The number of amidine groups is 2. The molecular weight excluding hydrogens is 509 g/mol. The number of nitrogens with one attached hydrogen (secondary N) is 2. The number of anilines is 2. The number of benzene rings is 3. The molecule has 2 aliphatic rings. The van der Waals surface area contributed by atoms with Crippen molar-refractivity contribution in [3.05, 3.63) is 95.1 Å². The van der Waals surface area contributed by atoms with Gasteiger partial charge < -0.3 is 20.4 Å². The Kier molecular flexibility index (Phi) is 9.15. The molecule has 0 aliphatic carbocycles. The minimum Gasteiger partial charge on any atom is -0.347 e. The molecule has 2 N–H and O–H groups in total. The molecule has 0 unspecified atom stereocenters. The summed E-state index contributed by atoms with van der Waals surface area (Å²) in [5.41, 5.74) is 7.84. The monoisotopic (exact) mass is 544 g/mol. The van der Waals surface area contributed by atoms with Crippen LogP contribution < -0.4 is 20.4 Å². The normalized spacial score (nSPS) is 15.4. The van der Waals surface area contributed by atoms with Gasteiger partial charge in [-0.15, -0.1) is 0 Å². The van der Waals surface area contributed by atoms with E-state index < -0.39 is 0 Å². The van der Waals surface area contributed by atoms with Gasteiger partial charge in [0.2, 0.25) is 0 Å². The minimum absolute atomic E-state index is 0.684. The molecule has 0 amide bonds. The summed E-state index contributed by atoms with van der Waals surface area (Å²) < 4.78 is 0. The predicted octanol–water partition coefficient (Wildman–Crippen LogP) is 6.04. The molecule has 2 aliphatic heterocycles. The van der Waals surface area contributed by atoms with E-state index in [4.69, 9.17) is 9.98 Å². The van der Waals surface area contributed by atoms with Gasteiger partial charge >= 0.3 is 0 Å². The molecular formula is C30H36N6S2. The van der Waals surface area contributed by atoms with E-state index in [-0.39, 0.29) is 0 Å². The average molecular weight is 545 g/mol. The van der Waals surface area contributed by atoms with Gasteiger partial charge in [0, 0.05) is 22.9 Å². The molecule has 2 heterocycles. The summed E-state index contributed by atoms with van der Waals surface area (Å²) >= 11 is 3.56. The molecule has 0 spiro atoms. The SMILES string of the molecule is CCc1ccc(N2CN=C(SCc3ccccc3CSC3=NCN(c4ccc(CC)cc4)CN3)NC2)cc1. The van der Waals surface area contributed by atoms with Crippen LogP contribution in [0.2, 0.25) is 0 Å². The highest BCUT2D eigenvalue weighted by molar-refractivity contribution is 8.13. The van der Waals surface area contributed by atoms with Crippen molar-refractivity contribution in [2.45, 2.75) is 38.2 Å². The number of aryl methyl sites for hydroxylation is 2. The number of hydrogen-bond donors (Lipinski definition) is 2. The van der Waals surface area contributed by atoms with E-state index in [2.05, 4.69) is 107 Å². The van der Waals surface area contributed by atoms with Gasteiger partial charge in [0.05, 0.1) is 13.3 Å². The van der Waals surface area contributed by atoms with Crippen molar-refractivity contribution in [3.8, 4) is 0 Å². The number of hydrogen-bond acceptors (Lipinski definition) is 8. The van der Waals surface area contributed by atoms with Crippen molar-refractivity contribution in [3.63, 3.8) is 0 Å². The number of thioether (sulfide) groups is 2. The maximum absolute atomic E-state index is 4.79. The molecule has 0 atom stereocenters. The zero-order valence-corrected chi connectivity index (χ0v) is 23.8. The van der Waals surface area contributed by atoms with Crippen LogP contribution in [0.15, 0.2) is 82.8 Å². The smallest absolute Gasteiger partial charge is 0.160 e. The second-order valence-electron chi connectivity index (χ2n) is 9.34. The third-order valence-corrected chi connectivity index (χ3v) is 8.88. The van der Waals surface area contributed by atoms with Gasteiger partial charge in [-0.2, -0.15) is 0 Å². The second kappa shape index (κ2) is 13.1. The van der Waals surface area contributed by atoms with Crippen molar-refractivity contribution in [2.75, 3.05) is 36.5 Å². The highest BCUT2D eigenvalue weighted by atomic mass is 32.2. The molecule has 0 fully saturated rings. The zero-order chi connectivity index (χ0) is 26.2. The first-order valence-corrected chi connectivity index (χ1v) is 15.3. The fourth-order valence-corrected chi connectivity index (χ4v) is 6.17. The summed E-state index contributed by atoms with van der Waals surface area (Å²) in [6.07, 6.45) is 2.13. The van der Waals surface area contributed by atoms with Gasteiger partial charge in [0.15, 0.2) is 10.3 Å². The van der Waals surface area contributed by atoms with E-state index in [0.717, 1.165) is 48.0 Å². The third-order valence-electron chi connectivity index (χ3n) is 6.88. The number of aliphatic imine (C=N–C) groups is 2. The predicted molar refractivity (Wildman–Crippen MR) is 166 cm³/mol. The molecule has 0 aromatic heterocycles. The van der Waals surface area contributed by atoms with E-state index in [1.165, 1.54) is 33.6 Å². The van der Waals surface area contributed by atoms with E-state index in [1.54, 1.807) is 23.5 Å². The molecule has 0 saturated heterocycles. The maximum Gasteiger partial charge on any atom is 0.160 e. The van der Waals surface area contributed by atoms with Crippen molar-refractivity contribution in [1.29, 1.82) is 0 Å². The lowest BCUT2D eigenvalue weighted by atomic mass is 10.1. The molecule has 3 aromatic rings. The summed E-state index contributed by atoms with van der Waals surface area (Å²) in [6, 6.07) is 26.3. The van der Waals surface area contributed by atoms with Crippen molar-refractivity contribution in [1.82, 2.24) is 10.6 Å². The van der Waals surface area contributed by atoms with Crippen LogP contribution in [0.4, 0.5) is 11.4 Å². The third kappa shape index (κ3) is 6.85. The Bertz CT molecular complexity index is 1160. The van der Waals surface area contributed by atoms with Crippen LogP contribution >= 0.6 is 23.5 Å². The molecule has 6 nitrogen and oxygen atoms in total. The van der Waals surface area contributed by atoms with Crippen molar-refractivity contribution >= 4 is 45.2 Å². The molecule has 8 heteroatoms. The maximum atomic E-state index is 4.79. The van der Waals surface area contributed by atoms with E-state index in [1.807, 2.05) is 0 Å². The first-order chi connectivity index (χ1) is 18.7. The summed E-state index contributed by atoms with van der Waals surface area (Å²) in [4.78, 5) is 14.1. The largest absolute Gasteiger partial charge is 0.347 e. The Labute approximate surface area is 235 Å². The van der Waals surface area contributed by atoms with Gasteiger partial charge in [0.25, 0.3) is 0 Å². The topological polar surface area (TPSA) is 55.3 Å². The van der Waals surface area contributed by atoms with Crippen molar-refractivity contribution < 1.29 is 0 Å². The Hall–Kier alpha value is -3.10. The Morgan fingerprint density at radius 3 is 1.39 bits per heavy atom. The molecule has 0 radical (unpaired) electrons. The van der Waals surface area contributed by atoms with E-state index >= 15 is 0 Å². The molecule has 3 aromatic carbocycles.